The van der Waals surface area contributed by atoms with E-state index in [1.807, 2.05) is 30.3 Å². The summed E-state index contributed by atoms with van der Waals surface area (Å²) in [5.74, 6) is 0.484. The number of ether oxygens (including phenoxy) is 1. The van der Waals surface area contributed by atoms with Gasteiger partial charge in [-0.25, -0.2) is 0 Å². The van der Waals surface area contributed by atoms with Crippen molar-refractivity contribution < 1.29 is 9.53 Å². The number of carbonyl (C=O) groups is 1. The van der Waals surface area contributed by atoms with Crippen LogP contribution >= 0.6 is 11.6 Å². The Balaban J connectivity index is 2.05. The third-order valence-corrected chi connectivity index (χ3v) is 2.96. The molecule has 86 valence electrons. The van der Waals surface area contributed by atoms with E-state index in [2.05, 4.69) is 0 Å². The van der Waals surface area contributed by atoms with Crippen LogP contribution < -0.4 is 0 Å². The van der Waals surface area contributed by atoms with Crippen molar-refractivity contribution in [3.8, 4) is 0 Å². The van der Waals surface area contributed by atoms with Crippen molar-refractivity contribution in [3.63, 3.8) is 0 Å². The number of alkyl halides is 1. The fraction of sp³-hybridized carbons (Fsp3) is 0.417. The van der Waals surface area contributed by atoms with Crippen LogP contribution in [0.4, 0.5) is 0 Å². The summed E-state index contributed by atoms with van der Waals surface area (Å²) in [6.45, 7) is 1.79. The van der Waals surface area contributed by atoms with E-state index >= 15 is 0 Å². The molecule has 1 atom stereocenters. The Morgan fingerprint density at radius 1 is 1.44 bits per heavy atom. The molecule has 3 nitrogen and oxygen atoms in total. The highest BCUT2D eigenvalue weighted by molar-refractivity contribution is 6.18. The van der Waals surface area contributed by atoms with Gasteiger partial charge in [0.15, 0.2) is 0 Å². The third-order valence-electron chi connectivity index (χ3n) is 2.62. The SMILES string of the molecule is O=C(c1ccccc1)N1CCOC(CCl)C1. The van der Waals surface area contributed by atoms with Gasteiger partial charge in [0.1, 0.15) is 0 Å². The summed E-state index contributed by atoms with van der Waals surface area (Å²) in [5, 5.41) is 0. The number of nitrogens with zero attached hydrogens (tertiary/aromatic N) is 1. The summed E-state index contributed by atoms with van der Waals surface area (Å²) in [7, 11) is 0. The van der Waals surface area contributed by atoms with Crippen molar-refractivity contribution in [2.24, 2.45) is 0 Å². The van der Waals surface area contributed by atoms with Crippen LogP contribution in [-0.2, 0) is 4.74 Å². The number of amides is 1. The molecule has 0 bridgehead atoms. The van der Waals surface area contributed by atoms with Crippen LogP contribution in [-0.4, -0.2) is 42.5 Å². The van der Waals surface area contributed by atoms with Crippen LogP contribution in [0, 0.1) is 0 Å². The molecular formula is C12H14ClNO2. The molecule has 4 heteroatoms. The molecule has 2 rings (SSSR count). The maximum absolute atomic E-state index is 12.1. The third kappa shape index (κ3) is 2.54. The van der Waals surface area contributed by atoms with Crippen LogP contribution in [0.15, 0.2) is 30.3 Å². The van der Waals surface area contributed by atoms with Crippen molar-refractivity contribution in [2.45, 2.75) is 6.10 Å². The van der Waals surface area contributed by atoms with Crippen LogP contribution in [0.5, 0.6) is 0 Å². The minimum atomic E-state index is -0.0388. The van der Waals surface area contributed by atoms with Gasteiger partial charge in [0.2, 0.25) is 0 Å². The van der Waals surface area contributed by atoms with Gasteiger partial charge in [-0.05, 0) is 12.1 Å². The average Bonchev–Trinajstić information content (AvgIpc) is 2.39. The molecule has 16 heavy (non-hydrogen) atoms. The summed E-state index contributed by atoms with van der Waals surface area (Å²) in [5.41, 5.74) is 0.720. The molecule has 0 saturated carbocycles. The molecule has 0 aliphatic carbocycles. The minimum absolute atomic E-state index is 0.0388. The number of benzene rings is 1. The van der Waals surface area contributed by atoms with Crippen molar-refractivity contribution in [2.75, 3.05) is 25.6 Å². The maximum Gasteiger partial charge on any atom is 0.254 e. The predicted octanol–water partition coefficient (Wildman–Crippen LogP) is 1.77. The van der Waals surface area contributed by atoms with Gasteiger partial charge in [-0.2, -0.15) is 0 Å². The number of halogens is 1. The average molecular weight is 240 g/mol. The van der Waals surface area contributed by atoms with E-state index in [1.165, 1.54) is 0 Å². The summed E-state index contributed by atoms with van der Waals surface area (Å²) in [6.07, 6.45) is -0.0388. The van der Waals surface area contributed by atoms with E-state index in [9.17, 15) is 4.79 Å². The summed E-state index contributed by atoms with van der Waals surface area (Å²) >= 11 is 5.73. The fourth-order valence-corrected chi connectivity index (χ4v) is 1.95. The highest BCUT2D eigenvalue weighted by Crippen LogP contribution is 2.11. The predicted molar refractivity (Wildman–Crippen MR) is 62.8 cm³/mol. The molecular weight excluding hydrogens is 226 g/mol. The molecule has 0 aromatic heterocycles. The van der Waals surface area contributed by atoms with Crippen molar-refractivity contribution in [1.29, 1.82) is 0 Å². The fourth-order valence-electron chi connectivity index (χ4n) is 1.76. The van der Waals surface area contributed by atoms with Gasteiger partial charge in [-0.3, -0.25) is 4.79 Å². The van der Waals surface area contributed by atoms with Gasteiger partial charge in [0, 0.05) is 18.7 Å². The Labute approximate surface area is 100.0 Å². The smallest absolute Gasteiger partial charge is 0.254 e. The molecule has 1 unspecified atom stereocenters. The van der Waals surface area contributed by atoms with E-state index in [0.29, 0.717) is 25.6 Å². The first-order chi connectivity index (χ1) is 7.81. The Hall–Kier alpha value is -1.06. The second-order valence-electron chi connectivity index (χ2n) is 3.76. The van der Waals surface area contributed by atoms with Gasteiger partial charge in [0.25, 0.3) is 5.91 Å². The summed E-state index contributed by atoms with van der Waals surface area (Å²) in [6, 6.07) is 9.29. The van der Waals surface area contributed by atoms with Gasteiger partial charge in [-0.1, -0.05) is 18.2 Å². The monoisotopic (exact) mass is 239 g/mol. The lowest BCUT2D eigenvalue weighted by Gasteiger charge is -2.32. The van der Waals surface area contributed by atoms with Gasteiger partial charge >= 0.3 is 0 Å². The Kier molecular flexibility index (Phi) is 3.80. The molecule has 1 aromatic carbocycles. The Morgan fingerprint density at radius 2 is 2.19 bits per heavy atom. The van der Waals surface area contributed by atoms with E-state index in [1.54, 1.807) is 4.90 Å². The first-order valence-corrected chi connectivity index (χ1v) is 5.86. The normalized spacial score (nSPS) is 20.8. The molecule has 1 heterocycles. The molecule has 0 N–H and O–H groups in total. The standard InChI is InChI=1S/C12H14ClNO2/c13-8-11-9-14(6-7-16-11)12(15)10-4-2-1-3-5-10/h1-5,11H,6-9H2. The maximum atomic E-state index is 12.1. The zero-order valence-electron chi connectivity index (χ0n) is 8.93. The Bertz CT molecular complexity index is 355. The molecule has 1 aromatic rings. The number of hydrogen-bond acceptors (Lipinski definition) is 2. The highest BCUT2D eigenvalue weighted by Gasteiger charge is 2.24. The topological polar surface area (TPSA) is 29.5 Å². The Morgan fingerprint density at radius 3 is 2.88 bits per heavy atom. The van der Waals surface area contributed by atoms with Gasteiger partial charge in [0.05, 0.1) is 18.6 Å². The van der Waals surface area contributed by atoms with Crippen molar-refractivity contribution in [3.05, 3.63) is 35.9 Å². The lowest BCUT2D eigenvalue weighted by molar-refractivity contribution is -0.0108. The van der Waals surface area contributed by atoms with Crippen LogP contribution in [0.2, 0.25) is 0 Å². The van der Waals surface area contributed by atoms with Gasteiger partial charge in [-0.15, -0.1) is 11.6 Å². The molecule has 1 aliphatic heterocycles. The number of morpholine rings is 1. The molecule has 1 aliphatic rings. The van der Waals surface area contributed by atoms with Crippen molar-refractivity contribution in [1.82, 2.24) is 4.90 Å². The van der Waals surface area contributed by atoms with Crippen molar-refractivity contribution >= 4 is 17.5 Å². The first-order valence-electron chi connectivity index (χ1n) is 5.33. The van der Waals surface area contributed by atoms with E-state index in [0.717, 1.165) is 5.56 Å². The molecule has 0 spiro atoms. The quantitative estimate of drug-likeness (QED) is 0.737. The van der Waals surface area contributed by atoms with Crippen LogP contribution in [0.25, 0.3) is 0 Å². The van der Waals surface area contributed by atoms with Crippen LogP contribution in [0.3, 0.4) is 0 Å². The zero-order chi connectivity index (χ0) is 11.4. The van der Waals surface area contributed by atoms with Gasteiger partial charge < -0.3 is 9.64 Å². The minimum Gasteiger partial charge on any atom is -0.373 e. The van der Waals surface area contributed by atoms with Crippen LogP contribution in [0.1, 0.15) is 10.4 Å². The number of carbonyl (C=O) groups excluding carboxylic acids is 1. The molecule has 1 saturated heterocycles. The highest BCUT2D eigenvalue weighted by atomic mass is 35.5. The van der Waals surface area contributed by atoms with E-state index < -0.39 is 0 Å². The number of hydrogen-bond donors (Lipinski definition) is 0. The lowest BCUT2D eigenvalue weighted by atomic mass is 10.2. The summed E-state index contributed by atoms with van der Waals surface area (Å²) in [4.78, 5) is 13.9. The largest absolute Gasteiger partial charge is 0.373 e. The second kappa shape index (κ2) is 5.32. The lowest BCUT2D eigenvalue weighted by Crippen LogP contribution is -2.46. The molecule has 1 amide bonds. The van der Waals surface area contributed by atoms with E-state index in [4.69, 9.17) is 16.3 Å². The van der Waals surface area contributed by atoms with E-state index in [-0.39, 0.29) is 12.0 Å². The molecule has 0 radical (unpaired) electrons. The second-order valence-corrected chi connectivity index (χ2v) is 4.07. The zero-order valence-corrected chi connectivity index (χ0v) is 9.69. The summed E-state index contributed by atoms with van der Waals surface area (Å²) < 4.78 is 5.42. The first kappa shape index (κ1) is 11.4. The molecule has 1 fully saturated rings. The number of rotatable bonds is 2.